The minimum absolute atomic E-state index is 0.473. The molecule has 1 aliphatic carbocycles. The van der Waals surface area contributed by atoms with Gasteiger partial charge in [0.2, 0.25) is 0 Å². The number of rotatable bonds is 7. The number of thioether (sulfide) groups is 1. The van der Waals surface area contributed by atoms with Crippen molar-refractivity contribution in [3.8, 4) is 0 Å². The Morgan fingerprint density at radius 1 is 1.43 bits per heavy atom. The third-order valence-electron chi connectivity index (χ3n) is 3.68. The highest BCUT2D eigenvalue weighted by Gasteiger charge is 2.39. The highest BCUT2D eigenvalue weighted by Crippen LogP contribution is 2.41. The molecule has 0 saturated heterocycles. The van der Waals surface area contributed by atoms with E-state index in [0.717, 1.165) is 23.9 Å². The zero-order chi connectivity index (χ0) is 15.1. The zero-order valence-corrected chi connectivity index (χ0v) is 14.3. The Balaban J connectivity index is 1.72. The van der Waals surface area contributed by atoms with Gasteiger partial charge in [-0.3, -0.25) is 4.99 Å². The molecule has 21 heavy (non-hydrogen) atoms. The van der Waals surface area contributed by atoms with E-state index in [1.54, 1.807) is 0 Å². The van der Waals surface area contributed by atoms with E-state index in [0.29, 0.717) is 12.0 Å². The van der Waals surface area contributed by atoms with Crippen LogP contribution in [0.5, 0.6) is 0 Å². The fourth-order valence-electron chi connectivity index (χ4n) is 2.41. The average Bonchev–Trinajstić information content (AvgIpc) is 3.25. The molecule has 0 bridgehead atoms. The van der Waals surface area contributed by atoms with Crippen molar-refractivity contribution in [3.63, 3.8) is 0 Å². The zero-order valence-electron chi connectivity index (χ0n) is 12.7. The number of hydrogen-bond acceptors (Lipinski definition) is 2. The normalized spacial score (nSPS) is 21.2. The molecule has 1 aromatic carbocycles. The molecule has 2 N–H and O–H groups in total. The van der Waals surface area contributed by atoms with E-state index in [-0.39, 0.29) is 0 Å². The van der Waals surface area contributed by atoms with Crippen LogP contribution < -0.4 is 10.6 Å². The Morgan fingerprint density at radius 2 is 2.29 bits per heavy atom. The lowest BCUT2D eigenvalue weighted by molar-refractivity contribution is 0.728. The molecule has 116 valence electrons. The highest BCUT2D eigenvalue weighted by atomic mass is 35.5. The molecule has 5 heteroatoms. The minimum atomic E-state index is 0.473. The van der Waals surface area contributed by atoms with Crippen LogP contribution in [0.3, 0.4) is 0 Å². The number of halogens is 1. The van der Waals surface area contributed by atoms with E-state index < -0.39 is 0 Å². The van der Waals surface area contributed by atoms with E-state index in [9.17, 15) is 0 Å². The molecule has 2 unspecified atom stereocenters. The molecule has 0 aliphatic heterocycles. The van der Waals surface area contributed by atoms with Crippen LogP contribution in [0, 0.1) is 0 Å². The summed E-state index contributed by atoms with van der Waals surface area (Å²) >= 11 is 7.95. The Hall–Kier alpha value is -0.870. The molecule has 0 heterocycles. The van der Waals surface area contributed by atoms with Crippen molar-refractivity contribution in [1.82, 2.24) is 10.6 Å². The van der Waals surface area contributed by atoms with Gasteiger partial charge in [0.05, 0.1) is 0 Å². The average molecular weight is 326 g/mol. The topological polar surface area (TPSA) is 36.4 Å². The first-order valence-corrected chi connectivity index (χ1v) is 9.23. The van der Waals surface area contributed by atoms with Crippen molar-refractivity contribution in [2.75, 3.05) is 25.6 Å². The first-order chi connectivity index (χ1) is 10.2. The van der Waals surface area contributed by atoms with Crippen molar-refractivity contribution in [2.24, 2.45) is 4.99 Å². The van der Waals surface area contributed by atoms with Gasteiger partial charge in [0.15, 0.2) is 5.96 Å². The summed E-state index contributed by atoms with van der Waals surface area (Å²) in [6, 6.07) is 8.63. The van der Waals surface area contributed by atoms with Crippen LogP contribution in [0.15, 0.2) is 29.3 Å². The summed E-state index contributed by atoms with van der Waals surface area (Å²) in [6.45, 7) is 0.981. The second kappa shape index (κ2) is 8.54. The van der Waals surface area contributed by atoms with Gasteiger partial charge >= 0.3 is 0 Å². The van der Waals surface area contributed by atoms with Crippen molar-refractivity contribution in [3.05, 3.63) is 34.9 Å². The Bertz CT molecular complexity index is 478. The summed E-state index contributed by atoms with van der Waals surface area (Å²) < 4.78 is 0. The largest absolute Gasteiger partial charge is 0.356 e. The smallest absolute Gasteiger partial charge is 0.191 e. The van der Waals surface area contributed by atoms with Gasteiger partial charge in [-0.2, -0.15) is 11.8 Å². The third-order valence-corrected chi connectivity index (χ3v) is 4.61. The lowest BCUT2D eigenvalue weighted by atomic mass is 10.1. The number of nitrogens with one attached hydrogen (secondary N) is 2. The van der Waals surface area contributed by atoms with Crippen molar-refractivity contribution in [2.45, 2.75) is 31.2 Å². The fraction of sp³-hybridized carbons (Fsp3) is 0.562. The van der Waals surface area contributed by atoms with Gasteiger partial charge in [0.1, 0.15) is 0 Å². The molecule has 0 radical (unpaired) electrons. The molecule has 1 fully saturated rings. The monoisotopic (exact) mass is 325 g/mol. The van der Waals surface area contributed by atoms with Crippen LogP contribution in [0.1, 0.15) is 30.7 Å². The number of hydrogen-bond donors (Lipinski definition) is 2. The van der Waals surface area contributed by atoms with Crippen LogP contribution in [0.25, 0.3) is 0 Å². The number of benzene rings is 1. The summed E-state index contributed by atoms with van der Waals surface area (Å²) in [7, 11) is 1.83. The Labute approximate surface area is 136 Å². The lowest BCUT2D eigenvalue weighted by Crippen LogP contribution is -2.39. The van der Waals surface area contributed by atoms with E-state index in [1.807, 2.05) is 30.9 Å². The van der Waals surface area contributed by atoms with Crippen molar-refractivity contribution in [1.29, 1.82) is 0 Å². The van der Waals surface area contributed by atoms with Gasteiger partial charge in [-0.05, 0) is 49.0 Å². The van der Waals surface area contributed by atoms with Gasteiger partial charge in [-0.1, -0.05) is 23.7 Å². The minimum Gasteiger partial charge on any atom is -0.356 e. The number of nitrogens with zero attached hydrogens (tertiary/aromatic N) is 1. The first-order valence-electron chi connectivity index (χ1n) is 7.46. The highest BCUT2D eigenvalue weighted by molar-refractivity contribution is 7.98. The van der Waals surface area contributed by atoms with Gasteiger partial charge in [-0.15, -0.1) is 0 Å². The van der Waals surface area contributed by atoms with Gasteiger partial charge < -0.3 is 10.6 Å². The summed E-state index contributed by atoms with van der Waals surface area (Å²) in [5.41, 5.74) is 1.32. The van der Waals surface area contributed by atoms with Gasteiger partial charge in [0.25, 0.3) is 0 Å². The number of aliphatic imine (C=N–C) groups is 1. The number of guanidine groups is 1. The van der Waals surface area contributed by atoms with Gasteiger partial charge in [-0.25, -0.2) is 0 Å². The van der Waals surface area contributed by atoms with E-state index in [4.69, 9.17) is 11.6 Å². The number of unbranched alkanes of at least 4 members (excludes halogenated alkanes) is 1. The van der Waals surface area contributed by atoms with Crippen LogP contribution in [0.4, 0.5) is 0 Å². The Kier molecular flexibility index (Phi) is 6.71. The predicted octanol–water partition coefficient (Wildman–Crippen LogP) is 3.50. The molecule has 1 saturated carbocycles. The van der Waals surface area contributed by atoms with E-state index in [2.05, 4.69) is 34.0 Å². The quantitative estimate of drug-likeness (QED) is 0.457. The molecule has 2 atom stereocenters. The molecule has 1 aromatic rings. The first kappa shape index (κ1) is 16.5. The van der Waals surface area contributed by atoms with Crippen LogP contribution >= 0.6 is 23.4 Å². The van der Waals surface area contributed by atoms with Crippen LogP contribution in [-0.4, -0.2) is 37.6 Å². The second-order valence-corrected chi connectivity index (χ2v) is 6.77. The molecule has 0 aromatic heterocycles. The molecule has 0 spiro atoms. The maximum Gasteiger partial charge on any atom is 0.191 e. The summed E-state index contributed by atoms with van der Waals surface area (Å²) in [5, 5.41) is 7.69. The summed E-state index contributed by atoms with van der Waals surface area (Å²) in [4.78, 5) is 4.29. The standard InChI is InChI=1S/C16H24ClN3S/c1-18-16(19-8-3-4-9-21-2)20-15-11-14(15)12-6-5-7-13(17)10-12/h5-7,10,14-15H,3-4,8-9,11H2,1-2H3,(H2,18,19,20). The lowest BCUT2D eigenvalue weighted by Gasteiger charge is -2.11. The third kappa shape index (κ3) is 5.44. The fourth-order valence-corrected chi connectivity index (χ4v) is 3.10. The maximum atomic E-state index is 6.05. The SMILES string of the molecule is CN=C(NCCCCSC)NC1CC1c1cccc(Cl)c1. The van der Waals surface area contributed by atoms with E-state index >= 15 is 0 Å². The molecule has 0 amide bonds. The molecule has 2 rings (SSSR count). The maximum absolute atomic E-state index is 6.05. The molecule has 1 aliphatic rings. The van der Waals surface area contributed by atoms with Crippen LogP contribution in [-0.2, 0) is 0 Å². The van der Waals surface area contributed by atoms with Crippen molar-refractivity contribution < 1.29 is 0 Å². The van der Waals surface area contributed by atoms with Gasteiger partial charge in [0, 0.05) is 30.6 Å². The molecule has 3 nitrogen and oxygen atoms in total. The van der Waals surface area contributed by atoms with Crippen molar-refractivity contribution >= 4 is 29.3 Å². The second-order valence-electron chi connectivity index (χ2n) is 5.35. The van der Waals surface area contributed by atoms with E-state index in [1.165, 1.54) is 24.2 Å². The Morgan fingerprint density at radius 3 is 3.00 bits per heavy atom. The summed E-state index contributed by atoms with van der Waals surface area (Å²) in [5.74, 6) is 2.69. The predicted molar refractivity (Wildman–Crippen MR) is 94.7 cm³/mol. The summed E-state index contributed by atoms with van der Waals surface area (Å²) in [6.07, 6.45) is 5.73. The molecular formula is C16H24ClN3S. The van der Waals surface area contributed by atoms with Crippen LogP contribution in [0.2, 0.25) is 5.02 Å². The molecular weight excluding hydrogens is 302 g/mol.